The average molecular weight is 274 g/mol. The molecule has 2 atom stereocenters. The SMILES string of the molecule is CCc1ncc(S(=O)(=O)N(C)[C@H]2CNC[C@@H]2O)[nH]1. The maximum atomic E-state index is 12.3. The number of imidazole rings is 1. The molecule has 0 bridgehead atoms. The fourth-order valence-electron chi connectivity index (χ4n) is 2.01. The summed E-state index contributed by atoms with van der Waals surface area (Å²) in [5.41, 5.74) is 0. The first-order chi connectivity index (χ1) is 8.46. The molecule has 1 saturated heterocycles. The van der Waals surface area contributed by atoms with Gasteiger partial charge in [-0.1, -0.05) is 6.92 Å². The van der Waals surface area contributed by atoms with E-state index in [-0.39, 0.29) is 5.03 Å². The maximum absolute atomic E-state index is 12.3. The quantitative estimate of drug-likeness (QED) is 0.649. The van der Waals surface area contributed by atoms with Crippen molar-refractivity contribution < 1.29 is 13.5 Å². The number of nitrogens with zero attached hydrogens (tertiary/aromatic N) is 2. The lowest BCUT2D eigenvalue weighted by Crippen LogP contribution is -2.44. The number of β-amino-alcohol motifs (C(OH)–C–C–N with tert-alkyl or cyclic N) is 1. The number of hydrogen-bond acceptors (Lipinski definition) is 5. The predicted molar refractivity (Wildman–Crippen MR) is 65.6 cm³/mol. The molecule has 1 aromatic rings. The van der Waals surface area contributed by atoms with E-state index in [2.05, 4.69) is 15.3 Å². The van der Waals surface area contributed by atoms with Crippen LogP contribution in [0.2, 0.25) is 0 Å². The Balaban J connectivity index is 2.24. The van der Waals surface area contributed by atoms with Crippen LogP contribution in [0.4, 0.5) is 0 Å². The van der Waals surface area contributed by atoms with Gasteiger partial charge >= 0.3 is 0 Å². The molecular weight excluding hydrogens is 256 g/mol. The Bertz CT molecular complexity index is 513. The molecule has 0 aromatic carbocycles. The fraction of sp³-hybridized carbons (Fsp3) is 0.700. The molecule has 0 radical (unpaired) electrons. The summed E-state index contributed by atoms with van der Waals surface area (Å²) in [7, 11) is -2.15. The Labute approximate surface area is 106 Å². The summed E-state index contributed by atoms with van der Waals surface area (Å²) < 4.78 is 25.8. The first-order valence-corrected chi connectivity index (χ1v) is 7.31. The van der Waals surface area contributed by atoms with E-state index in [1.807, 2.05) is 6.92 Å². The molecule has 3 N–H and O–H groups in total. The van der Waals surface area contributed by atoms with Crippen LogP contribution in [0.3, 0.4) is 0 Å². The number of sulfonamides is 1. The molecular formula is C10H18N4O3S. The summed E-state index contributed by atoms with van der Waals surface area (Å²) in [6, 6.07) is -0.441. The number of aryl methyl sites for hydroxylation is 1. The van der Waals surface area contributed by atoms with E-state index in [1.165, 1.54) is 17.5 Å². The van der Waals surface area contributed by atoms with Crippen LogP contribution in [0.25, 0.3) is 0 Å². The molecule has 1 aliphatic rings. The zero-order chi connectivity index (χ0) is 13.3. The van der Waals surface area contributed by atoms with Crippen LogP contribution in [0.5, 0.6) is 0 Å². The Morgan fingerprint density at radius 1 is 1.56 bits per heavy atom. The van der Waals surface area contributed by atoms with Gasteiger partial charge in [0, 0.05) is 26.6 Å². The van der Waals surface area contributed by atoms with E-state index in [1.54, 1.807) is 0 Å². The van der Waals surface area contributed by atoms with Gasteiger partial charge in [-0.25, -0.2) is 13.4 Å². The van der Waals surface area contributed by atoms with Crippen molar-refractivity contribution in [1.82, 2.24) is 19.6 Å². The number of aliphatic hydroxyl groups excluding tert-OH is 1. The van der Waals surface area contributed by atoms with Crippen molar-refractivity contribution in [2.75, 3.05) is 20.1 Å². The monoisotopic (exact) mass is 274 g/mol. The molecule has 0 unspecified atom stereocenters. The van der Waals surface area contributed by atoms with Crippen LogP contribution in [-0.2, 0) is 16.4 Å². The summed E-state index contributed by atoms with van der Waals surface area (Å²) in [6.45, 7) is 2.75. The topological polar surface area (TPSA) is 98.3 Å². The Morgan fingerprint density at radius 3 is 2.78 bits per heavy atom. The molecule has 0 spiro atoms. The van der Waals surface area contributed by atoms with E-state index in [4.69, 9.17) is 0 Å². The Morgan fingerprint density at radius 2 is 2.28 bits per heavy atom. The zero-order valence-electron chi connectivity index (χ0n) is 10.4. The molecule has 8 heteroatoms. The van der Waals surface area contributed by atoms with Gasteiger partial charge < -0.3 is 15.4 Å². The number of aliphatic hydroxyl groups is 1. The minimum Gasteiger partial charge on any atom is -0.390 e. The second kappa shape index (κ2) is 4.96. The van der Waals surface area contributed by atoms with Gasteiger partial charge in [0.1, 0.15) is 5.82 Å². The van der Waals surface area contributed by atoms with Crippen molar-refractivity contribution in [2.45, 2.75) is 30.5 Å². The molecule has 2 rings (SSSR count). The number of rotatable bonds is 4. The van der Waals surface area contributed by atoms with Crippen molar-refractivity contribution in [3.63, 3.8) is 0 Å². The number of nitrogens with one attached hydrogen (secondary N) is 2. The van der Waals surface area contributed by atoms with Crippen LogP contribution >= 0.6 is 0 Å². The largest absolute Gasteiger partial charge is 0.390 e. The first kappa shape index (κ1) is 13.5. The van der Waals surface area contributed by atoms with Gasteiger partial charge in [-0.3, -0.25) is 0 Å². The second-order valence-electron chi connectivity index (χ2n) is 4.36. The highest BCUT2D eigenvalue weighted by atomic mass is 32.2. The van der Waals surface area contributed by atoms with Crippen LogP contribution in [0, 0.1) is 0 Å². The number of aromatic amines is 1. The van der Waals surface area contributed by atoms with E-state index < -0.39 is 22.2 Å². The van der Waals surface area contributed by atoms with Crippen LogP contribution in [0.1, 0.15) is 12.7 Å². The van der Waals surface area contributed by atoms with Crippen molar-refractivity contribution in [3.8, 4) is 0 Å². The summed E-state index contributed by atoms with van der Waals surface area (Å²) in [4.78, 5) is 6.77. The molecule has 0 amide bonds. The van der Waals surface area contributed by atoms with Gasteiger partial charge in [0.2, 0.25) is 0 Å². The van der Waals surface area contributed by atoms with Crippen molar-refractivity contribution in [2.24, 2.45) is 0 Å². The fourth-order valence-corrected chi connectivity index (χ4v) is 3.32. The first-order valence-electron chi connectivity index (χ1n) is 5.87. The van der Waals surface area contributed by atoms with E-state index in [9.17, 15) is 13.5 Å². The lowest BCUT2D eigenvalue weighted by molar-refractivity contribution is 0.136. The molecule has 0 saturated carbocycles. The number of aromatic nitrogens is 2. The standard InChI is InChI=1S/C10H18N4O3S/c1-3-9-12-6-10(13-9)18(16,17)14(2)7-4-11-5-8(7)15/h6-8,11,15H,3-5H2,1-2H3,(H,12,13)/t7-,8-/m0/s1. The van der Waals surface area contributed by atoms with Crippen LogP contribution in [0.15, 0.2) is 11.2 Å². The molecule has 102 valence electrons. The molecule has 1 aliphatic heterocycles. The van der Waals surface area contributed by atoms with Crippen LogP contribution < -0.4 is 5.32 Å². The molecule has 18 heavy (non-hydrogen) atoms. The summed E-state index contributed by atoms with van der Waals surface area (Å²) in [6.07, 6.45) is 1.28. The minimum absolute atomic E-state index is 0.0703. The van der Waals surface area contributed by atoms with E-state index >= 15 is 0 Å². The molecule has 1 fully saturated rings. The molecule has 7 nitrogen and oxygen atoms in total. The predicted octanol–water partition coefficient (Wildman–Crippen LogP) is -1.07. The maximum Gasteiger partial charge on any atom is 0.260 e. The normalized spacial score (nSPS) is 24.9. The number of H-pyrrole nitrogens is 1. The average Bonchev–Trinajstić information content (AvgIpc) is 2.96. The lowest BCUT2D eigenvalue weighted by atomic mass is 10.2. The van der Waals surface area contributed by atoms with E-state index in [0.717, 1.165) is 0 Å². The highest BCUT2D eigenvalue weighted by molar-refractivity contribution is 7.89. The molecule has 1 aromatic heterocycles. The van der Waals surface area contributed by atoms with Crippen molar-refractivity contribution in [3.05, 3.63) is 12.0 Å². The van der Waals surface area contributed by atoms with Gasteiger partial charge in [-0.2, -0.15) is 4.31 Å². The van der Waals surface area contributed by atoms with E-state index in [0.29, 0.717) is 25.3 Å². The van der Waals surface area contributed by atoms with Crippen molar-refractivity contribution >= 4 is 10.0 Å². The van der Waals surface area contributed by atoms with Gasteiger partial charge in [-0.15, -0.1) is 0 Å². The third-order valence-electron chi connectivity index (χ3n) is 3.22. The highest BCUT2D eigenvalue weighted by Gasteiger charge is 2.36. The summed E-state index contributed by atoms with van der Waals surface area (Å²) >= 11 is 0. The smallest absolute Gasteiger partial charge is 0.260 e. The summed E-state index contributed by atoms with van der Waals surface area (Å²) in [5, 5.41) is 12.8. The zero-order valence-corrected chi connectivity index (χ0v) is 11.2. The van der Waals surface area contributed by atoms with Gasteiger partial charge in [-0.05, 0) is 0 Å². The van der Waals surface area contributed by atoms with Crippen LogP contribution in [-0.4, -0.2) is 60.1 Å². The van der Waals surface area contributed by atoms with Crippen molar-refractivity contribution in [1.29, 1.82) is 0 Å². The highest BCUT2D eigenvalue weighted by Crippen LogP contribution is 2.18. The number of hydrogen-bond donors (Lipinski definition) is 3. The minimum atomic E-state index is -3.63. The van der Waals surface area contributed by atoms with Gasteiger partial charge in [0.05, 0.1) is 18.3 Å². The molecule has 0 aliphatic carbocycles. The third-order valence-corrected chi connectivity index (χ3v) is 5.01. The Kier molecular flexibility index (Phi) is 3.71. The van der Waals surface area contributed by atoms with Gasteiger partial charge in [0.25, 0.3) is 10.0 Å². The lowest BCUT2D eigenvalue weighted by Gasteiger charge is -2.24. The Hall–Kier alpha value is -0.960. The third kappa shape index (κ3) is 2.28. The summed E-state index contributed by atoms with van der Waals surface area (Å²) in [5.74, 6) is 0.632. The number of likely N-dealkylation sites (N-methyl/N-ethyl adjacent to an activating group) is 1. The molecule has 2 heterocycles. The second-order valence-corrected chi connectivity index (χ2v) is 6.33. The van der Waals surface area contributed by atoms with Gasteiger partial charge in [0.15, 0.2) is 5.03 Å².